The molecule has 0 aliphatic rings. The van der Waals surface area contributed by atoms with E-state index in [2.05, 4.69) is 19.1 Å². The molecule has 0 aliphatic heterocycles. The SMILES string of the molecule is CCCCCCCC/C=C\CCCCCCCC(=O)OCCCl. The Balaban J connectivity index is 3.14. The van der Waals surface area contributed by atoms with Gasteiger partial charge in [-0.2, -0.15) is 0 Å². The highest BCUT2D eigenvalue weighted by atomic mass is 35.5. The van der Waals surface area contributed by atoms with Crippen molar-refractivity contribution in [2.45, 2.75) is 96.8 Å². The van der Waals surface area contributed by atoms with Crippen LogP contribution in [0.1, 0.15) is 96.8 Å². The van der Waals surface area contributed by atoms with Crippen molar-refractivity contribution in [3.63, 3.8) is 0 Å². The first-order valence-corrected chi connectivity index (χ1v) is 10.2. The molecule has 0 amide bonds. The topological polar surface area (TPSA) is 26.3 Å². The Morgan fingerprint density at radius 2 is 1.35 bits per heavy atom. The Hall–Kier alpha value is -0.500. The van der Waals surface area contributed by atoms with Crippen LogP contribution in [-0.4, -0.2) is 18.5 Å². The van der Waals surface area contributed by atoms with Gasteiger partial charge in [0, 0.05) is 6.42 Å². The van der Waals surface area contributed by atoms with E-state index in [1.54, 1.807) is 0 Å². The van der Waals surface area contributed by atoms with Crippen LogP contribution in [-0.2, 0) is 9.53 Å². The van der Waals surface area contributed by atoms with Gasteiger partial charge in [-0.05, 0) is 32.1 Å². The standard InChI is InChI=1S/C20H37ClO2/c1-2-3-4-5-6-7-8-9-10-11-12-13-14-15-16-17-20(22)23-19-18-21/h9-10H,2-8,11-19H2,1H3/b10-9-. The van der Waals surface area contributed by atoms with Crippen LogP contribution in [0.15, 0.2) is 12.2 Å². The Kier molecular flexibility index (Phi) is 19.1. The third-order valence-corrected chi connectivity index (χ3v) is 4.14. The number of alkyl halides is 1. The summed E-state index contributed by atoms with van der Waals surface area (Å²) in [5.74, 6) is 0.279. The maximum absolute atomic E-state index is 11.2. The Morgan fingerprint density at radius 3 is 1.91 bits per heavy atom. The lowest BCUT2D eigenvalue weighted by Gasteiger charge is -2.02. The van der Waals surface area contributed by atoms with E-state index < -0.39 is 0 Å². The minimum Gasteiger partial charge on any atom is -0.464 e. The maximum atomic E-state index is 11.2. The van der Waals surface area contributed by atoms with Crippen LogP contribution in [0.25, 0.3) is 0 Å². The van der Waals surface area contributed by atoms with E-state index >= 15 is 0 Å². The summed E-state index contributed by atoms with van der Waals surface area (Å²) < 4.78 is 4.93. The van der Waals surface area contributed by atoms with Gasteiger partial charge in [-0.1, -0.05) is 70.4 Å². The molecule has 0 rings (SSSR count). The predicted octanol–water partition coefficient (Wildman–Crippen LogP) is 6.81. The molecule has 3 heteroatoms. The Labute approximate surface area is 149 Å². The number of carbonyl (C=O) groups is 1. The molecule has 0 fully saturated rings. The first-order chi connectivity index (χ1) is 11.3. The van der Waals surface area contributed by atoms with Gasteiger partial charge in [0.15, 0.2) is 0 Å². The molecule has 0 heterocycles. The van der Waals surface area contributed by atoms with E-state index in [1.807, 2.05) is 0 Å². The van der Waals surface area contributed by atoms with Crippen molar-refractivity contribution in [1.82, 2.24) is 0 Å². The second kappa shape index (κ2) is 19.5. The summed E-state index contributed by atoms with van der Waals surface area (Å²) in [4.78, 5) is 11.2. The number of ether oxygens (including phenoxy) is 1. The van der Waals surface area contributed by atoms with Crippen molar-refractivity contribution in [3.8, 4) is 0 Å². The van der Waals surface area contributed by atoms with Crippen LogP contribution in [0.3, 0.4) is 0 Å². The average molecular weight is 345 g/mol. The van der Waals surface area contributed by atoms with E-state index in [4.69, 9.17) is 16.3 Å². The van der Waals surface area contributed by atoms with Crippen LogP contribution >= 0.6 is 11.6 Å². The molecule has 0 radical (unpaired) electrons. The minimum absolute atomic E-state index is 0.108. The average Bonchev–Trinajstić information content (AvgIpc) is 2.56. The van der Waals surface area contributed by atoms with Crippen LogP contribution < -0.4 is 0 Å². The fourth-order valence-corrected chi connectivity index (χ4v) is 2.64. The van der Waals surface area contributed by atoms with Gasteiger partial charge in [0.1, 0.15) is 6.61 Å². The highest BCUT2D eigenvalue weighted by Crippen LogP contribution is 2.10. The van der Waals surface area contributed by atoms with Gasteiger partial charge < -0.3 is 4.74 Å². The van der Waals surface area contributed by atoms with Crippen LogP contribution in [0.4, 0.5) is 0 Å². The van der Waals surface area contributed by atoms with E-state index in [0.29, 0.717) is 18.9 Å². The Bertz CT molecular complexity index is 277. The van der Waals surface area contributed by atoms with Crippen LogP contribution in [0, 0.1) is 0 Å². The second-order valence-corrected chi connectivity index (χ2v) is 6.62. The van der Waals surface area contributed by atoms with E-state index in [1.165, 1.54) is 70.6 Å². The summed E-state index contributed by atoms with van der Waals surface area (Å²) in [5, 5.41) is 0. The largest absolute Gasteiger partial charge is 0.464 e. The number of unbranched alkanes of at least 4 members (excludes halogenated alkanes) is 11. The van der Waals surface area contributed by atoms with Crippen molar-refractivity contribution in [2.75, 3.05) is 12.5 Å². The molecule has 0 bridgehead atoms. The molecule has 23 heavy (non-hydrogen) atoms. The third-order valence-electron chi connectivity index (χ3n) is 3.98. The summed E-state index contributed by atoms with van der Waals surface area (Å²) in [6.07, 6.45) is 21.8. The lowest BCUT2D eigenvalue weighted by atomic mass is 10.1. The molecule has 0 N–H and O–H groups in total. The molecule has 0 saturated carbocycles. The second-order valence-electron chi connectivity index (χ2n) is 6.24. The summed E-state index contributed by atoms with van der Waals surface area (Å²) in [7, 11) is 0. The highest BCUT2D eigenvalue weighted by Gasteiger charge is 2.01. The number of allylic oxidation sites excluding steroid dienone is 2. The zero-order chi connectivity index (χ0) is 17.0. The summed E-state index contributed by atoms with van der Waals surface area (Å²) in [5.41, 5.74) is 0. The van der Waals surface area contributed by atoms with E-state index in [0.717, 1.165) is 12.8 Å². The van der Waals surface area contributed by atoms with E-state index in [-0.39, 0.29) is 5.97 Å². The predicted molar refractivity (Wildman–Crippen MR) is 101 cm³/mol. The highest BCUT2D eigenvalue weighted by molar-refractivity contribution is 6.18. The zero-order valence-electron chi connectivity index (χ0n) is 15.2. The lowest BCUT2D eigenvalue weighted by molar-refractivity contribution is -0.143. The van der Waals surface area contributed by atoms with Crippen molar-refractivity contribution in [2.24, 2.45) is 0 Å². The van der Waals surface area contributed by atoms with Crippen molar-refractivity contribution >= 4 is 17.6 Å². The number of esters is 1. The zero-order valence-corrected chi connectivity index (χ0v) is 15.9. The first-order valence-electron chi connectivity index (χ1n) is 9.67. The molecule has 0 aromatic heterocycles. The van der Waals surface area contributed by atoms with Gasteiger partial charge in [-0.25, -0.2) is 0 Å². The molecule has 0 spiro atoms. The summed E-state index contributed by atoms with van der Waals surface area (Å²) in [6.45, 7) is 2.60. The molecule has 0 aromatic carbocycles. The van der Waals surface area contributed by atoms with Crippen molar-refractivity contribution < 1.29 is 9.53 Å². The normalized spacial score (nSPS) is 11.2. The molecular weight excluding hydrogens is 308 g/mol. The molecule has 0 atom stereocenters. The maximum Gasteiger partial charge on any atom is 0.305 e. The fraction of sp³-hybridized carbons (Fsp3) is 0.850. The van der Waals surface area contributed by atoms with Gasteiger partial charge in [0.05, 0.1) is 5.88 Å². The fourth-order valence-electron chi connectivity index (χ4n) is 2.56. The van der Waals surface area contributed by atoms with Gasteiger partial charge in [-0.3, -0.25) is 4.79 Å². The van der Waals surface area contributed by atoms with Gasteiger partial charge in [0.25, 0.3) is 0 Å². The third kappa shape index (κ3) is 19.5. The number of carbonyl (C=O) groups excluding carboxylic acids is 1. The van der Waals surface area contributed by atoms with Crippen LogP contribution in [0.5, 0.6) is 0 Å². The van der Waals surface area contributed by atoms with Crippen LogP contribution in [0.2, 0.25) is 0 Å². The monoisotopic (exact) mass is 344 g/mol. The van der Waals surface area contributed by atoms with Crippen molar-refractivity contribution in [3.05, 3.63) is 12.2 Å². The van der Waals surface area contributed by atoms with Gasteiger partial charge in [0.2, 0.25) is 0 Å². The molecule has 0 aromatic rings. The molecule has 0 saturated heterocycles. The Morgan fingerprint density at radius 1 is 0.826 bits per heavy atom. The minimum atomic E-state index is -0.108. The number of hydrogen-bond donors (Lipinski definition) is 0. The van der Waals surface area contributed by atoms with E-state index in [9.17, 15) is 4.79 Å². The molecule has 0 unspecified atom stereocenters. The van der Waals surface area contributed by atoms with Gasteiger partial charge in [-0.15, -0.1) is 11.6 Å². The lowest BCUT2D eigenvalue weighted by Crippen LogP contribution is -2.06. The molecule has 0 aliphatic carbocycles. The summed E-state index contributed by atoms with van der Waals surface area (Å²) >= 11 is 5.46. The summed E-state index contributed by atoms with van der Waals surface area (Å²) in [6, 6.07) is 0. The van der Waals surface area contributed by atoms with Crippen molar-refractivity contribution in [1.29, 1.82) is 0 Å². The molecule has 136 valence electrons. The number of halogens is 1. The molecule has 2 nitrogen and oxygen atoms in total. The smallest absolute Gasteiger partial charge is 0.305 e. The number of rotatable bonds is 17. The number of hydrogen-bond acceptors (Lipinski definition) is 2. The molecular formula is C20H37ClO2. The quantitative estimate of drug-likeness (QED) is 0.125. The first kappa shape index (κ1) is 22.5. The van der Waals surface area contributed by atoms with Gasteiger partial charge >= 0.3 is 5.97 Å².